The highest BCUT2D eigenvalue weighted by atomic mass is 35.5. The molecule has 2 atom stereocenters. The van der Waals surface area contributed by atoms with Gasteiger partial charge in [0.2, 0.25) is 0 Å². The van der Waals surface area contributed by atoms with Crippen LogP contribution in [-0.4, -0.2) is 54.6 Å². The summed E-state index contributed by atoms with van der Waals surface area (Å²) in [4.78, 5) is 17.9. The van der Waals surface area contributed by atoms with Gasteiger partial charge in [-0.05, 0) is 79.8 Å². The summed E-state index contributed by atoms with van der Waals surface area (Å²) in [6, 6.07) is 16.0. The molecule has 10 nitrogen and oxygen atoms in total. The average Bonchev–Trinajstić information content (AvgIpc) is 3.47. The number of piperidine rings is 1. The number of nitrogens with zero attached hydrogens (tertiary/aromatic N) is 4. The van der Waals surface area contributed by atoms with E-state index < -0.39 is 33.5 Å². The van der Waals surface area contributed by atoms with Crippen LogP contribution in [0.25, 0.3) is 16.6 Å². The van der Waals surface area contributed by atoms with Crippen molar-refractivity contribution in [1.82, 2.24) is 19.2 Å². The van der Waals surface area contributed by atoms with Crippen LogP contribution < -0.4 is 20.3 Å². The second-order valence-electron chi connectivity index (χ2n) is 10.6. The number of anilines is 1. The van der Waals surface area contributed by atoms with Crippen molar-refractivity contribution < 1.29 is 21.9 Å². The number of aromatic nitrogens is 2. The van der Waals surface area contributed by atoms with Crippen molar-refractivity contribution in [3.05, 3.63) is 88.2 Å². The molecule has 0 radical (unpaired) electrons. The summed E-state index contributed by atoms with van der Waals surface area (Å²) in [7, 11) is -4.20. The average molecular weight is 643 g/mol. The van der Waals surface area contributed by atoms with Crippen molar-refractivity contribution in [3.63, 3.8) is 0 Å². The highest BCUT2D eigenvalue weighted by Crippen LogP contribution is 2.35. The number of rotatable bonds is 7. The molecule has 4 aromatic rings. The van der Waals surface area contributed by atoms with Crippen molar-refractivity contribution in [3.8, 4) is 23.3 Å². The molecule has 2 N–H and O–H groups in total. The zero-order valence-electron chi connectivity index (χ0n) is 23.4. The van der Waals surface area contributed by atoms with E-state index in [-0.39, 0.29) is 54.3 Å². The van der Waals surface area contributed by atoms with E-state index in [0.717, 1.165) is 42.4 Å². The van der Waals surface area contributed by atoms with Crippen molar-refractivity contribution in [2.75, 3.05) is 30.9 Å². The topological polar surface area (TPSA) is 129 Å². The molecule has 0 bridgehead atoms. The summed E-state index contributed by atoms with van der Waals surface area (Å²) >= 11 is 0. The van der Waals surface area contributed by atoms with Crippen molar-refractivity contribution in [2.24, 2.45) is 0 Å². The van der Waals surface area contributed by atoms with E-state index in [0.29, 0.717) is 17.1 Å². The summed E-state index contributed by atoms with van der Waals surface area (Å²) in [5.74, 6) is -0.978. The Hall–Kier alpha value is -4.09. The largest absolute Gasteiger partial charge is 0.453 e. The Bertz CT molecular complexity index is 1890. The number of ether oxygens (including phenoxy) is 1. The normalized spacial score (nSPS) is 18.8. The molecule has 1 aromatic heterocycles. The highest BCUT2D eigenvalue weighted by Gasteiger charge is 2.32. The molecule has 0 saturated carbocycles. The van der Waals surface area contributed by atoms with E-state index >= 15 is 0 Å². The zero-order valence-corrected chi connectivity index (χ0v) is 25.0. The third-order valence-electron chi connectivity index (χ3n) is 7.78. The van der Waals surface area contributed by atoms with Gasteiger partial charge in [0.1, 0.15) is 29.9 Å². The second kappa shape index (κ2) is 12.9. The summed E-state index contributed by atoms with van der Waals surface area (Å²) in [5, 5.41) is 13.4. The van der Waals surface area contributed by atoms with Gasteiger partial charge in [0.25, 0.3) is 5.56 Å². The van der Waals surface area contributed by atoms with Gasteiger partial charge in [0, 0.05) is 19.6 Å². The molecular weight excluding hydrogens is 614 g/mol. The maximum absolute atomic E-state index is 14.9. The molecule has 14 heteroatoms. The zero-order chi connectivity index (χ0) is 30.1. The molecule has 0 amide bonds. The summed E-state index contributed by atoms with van der Waals surface area (Å²) < 4.78 is 64.4. The van der Waals surface area contributed by atoms with Crippen LogP contribution in [0.15, 0.2) is 65.7 Å². The van der Waals surface area contributed by atoms with Crippen LogP contribution >= 0.6 is 12.4 Å². The van der Waals surface area contributed by atoms with Gasteiger partial charge in [0.05, 0.1) is 22.3 Å². The van der Waals surface area contributed by atoms with E-state index in [1.165, 1.54) is 34.7 Å². The number of nitrogens with one attached hydrogen (secondary N) is 2. The molecule has 0 aliphatic carbocycles. The maximum atomic E-state index is 14.9. The Morgan fingerprint density at radius 1 is 1.11 bits per heavy atom. The number of halogens is 3. The minimum Gasteiger partial charge on any atom is -0.453 e. The van der Waals surface area contributed by atoms with Crippen LogP contribution in [0.2, 0.25) is 0 Å². The van der Waals surface area contributed by atoms with Crippen LogP contribution in [0.4, 0.5) is 14.5 Å². The molecule has 2 saturated heterocycles. The maximum Gasteiger partial charge on any atom is 0.301 e. The highest BCUT2D eigenvalue weighted by molar-refractivity contribution is 7.90. The van der Waals surface area contributed by atoms with Crippen molar-refractivity contribution in [1.29, 1.82) is 5.26 Å². The Morgan fingerprint density at radius 2 is 1.91 bits per heavy atom. The molecule has 2 aliphatic rings. The summed E-state index contributed by atoms with van der Waals surface area (Å²) in [6.07, 6.45) is 2.43. The fourth-order valence-corrected chi connectivity index (χ4v) is 6.75. The lowest BCUT2D eigenvalue weighted by Crippen LogP contribution is -2.34. The first-order valence-electron chi connectivity index (χ1n) is 13.9. The number of hydrogen-bond acceptors (Lipinski definition) is 7. The van der Waals surface area contributed by atoms with Gasteiger partial charge in [-0.15, -0.1) is 12.4 Å². The van der Waals surface area contributed by atoms with E-state index in [1.54, 1.807) is 6.07 Å². The molecule has 2 unspecified atom stereocenters. The predicted molar refractivity (Wildman–Crippen MR) is 164 cm³/mol. The van der Waals surface area contributed by atoms with Crippen LogP contribution in [0.1, 0.15) is 36.3 Å². The van der Waals surface area contributed by atoms with Crippen molar-refractivity contribution >= 4 is 39.2 Å². The van der Waals surface area contributed by atoms with Gasteiger partial charge in [-0.2, -0.15) is 18.0 Å². The van der Waals surface area contributed by atoms with Crippen LogP contribution in [-0.2, 0) is 10.2 Å². The summed E-state index contributed by atoms with van der Waals surface area (Å²) in [6.45, 7) is 1.61. The Balaban J connectivity index is 0.00000384. The van der Waals surface area contributed by atoms with Gasteiger partial charge in [0.15, 0.2) is 11.6 Å². The van der Waals surface area contributed by atoms with Crippen LogP contribution in [0, 0.1) is 17.1 Å². The Kier molecular flexibility index (Phi) is 9.17. The Morgan fingerprint density at radius 3 is 2.59 bits per heavy atom. The fraction of sp³-hybridized carbons (Fsp3) is 0.300. The number of nitriles is 1. The Labute approximate surface area is 258 Å². The van der Waals surface area contributed by atoms with E-state index in [1.807, 2.05) is 24.3 Å². The lowest BCUT2D eigenvalue weighted by Gasteiger charge is -2.23. The molecule has 0 spiro atoms. The van der Waals surface area contributed by atoms with Crippen LogP contribution in [0.3, 0.4) is 0 Å². The first-order chi connectivity index (χ1) is 20.7. The van der Waals surface area contributed by atoms with Gasteiger partial charge in [-0.3, -0.25) is 14.1 Å². The third-order valence-corrected chi connectivity index (χ3v) is 9.27. The lowest BCUT2D eigenvalue weighted by atomic mass is 9.91. The van der Waals surface area contributed by atoms with Gasteiger partial charge in [-0.1, -0.05) is 12.1 Å². The summed E-state index contributed by atoms with van der Waals surface area (Å²) in [5.41, 5.74) is 1.21. The molecule has 2 fully saturated rings. The van der Waals surface area contributed by atoms with Gasteiger partial charge >= 0.3 is 10.2 Å². The standard InChI is InChI=1S/C30H28F2N6O4S.ClH/c31-21-11-13-37(17-21)43(40,41)36-28-10-8-26(32)29(25(28)15-33)42-23-7-9-27-24(14-23)30(39)38(18-35-27)22-5-3-19(4-6-22)20-2-1-12-34-16-20;/h3-10,14,18,20-21,34,36H,1-2,11-13,16-17H2;1H. The molecule has 2 aliphatic heterocycles. The fourth-order valence-electron chi connectivity index (χ4n) is 5.47. The van der Waals surface area contributed by atoms with Crippen LogP contribution in [0.5, 0.6) is 11.5 Å². The minimum atomic E-state index is -4.20. The first-order valence-corrected chi connectivity index (χ1v) is 15.3. The smallest absolute Gasteiger partial charge is 0.301 e. The van der Waals surface area contributed by atoms with Gasteiger partial charge < -0.3 is 10.1 Å². The molecule has 44 heavy (non-hydrogen) atoms. The molecule has 6 rings (SSSR count). The van der Waals surface area contributed by atoms with E-state index in [9.17, 15) is 27.3 Å². The number of benzene rings is 3. The molecule has 230 valence electrons. The second-order valence-corrected chi connectivity index (χ2v) is 12.3. The molecule has 3 heterocycles. The quantitative estimate of drug-likeness (QED) is 0.297. The van der Waals surface area contributed by atoms with Crippen molar-refractivity contribution in [2.45, 2.75) is 31.4 Å². The van der Waals surface area contributed by atoms with E-state index in [4.69, 9.17) is 4.74 Å². The number of fused-ring (bicyclic) bond motifs is 1. The van der Waals surface area contributed by atoms with Gasteiger partial charge in [-0.25, -0.2) is 13.8 Å². The molecule has 3 aromatic carbocycles. The number of hydrogen-bond donors (Lipinski definition) is 2. The first kappa shape index (κ1) is 31.3. The SMILES string of the molecule is Cl.N#Cc1c(NS(=O)(=O)N2CCC(F)C2)ccc(F)c1Oc1ccc2ncn(-c3ccc(C4CCCNC4)cc3)c(=O)c2c1. The predicted octanol–water partition coefficient (Wildman–Crippen LogP) is 4.78. The third kappa shape index (κ3) is 6.25. The monoisotopic (exact) mass is 642 g/mol. The lowest BCUT2D eigenvalue weighted by molar-refractivity contribution is 0.343. The number of alkyl halides is 1. The minimum absolute atomic E-state index is 0. The molecular formula is C30H29ClF2N6O4S. The van der Waals surface area contributed by atoms with E-state index in [2.05, 4.69) is 15.0 Å².